The minimum Gasteiger partial charge on any atom is -0.398 e. The van der Waals surface area contributed by atoms with Crippen molar-refractivity contribution in [2.75, 3.05) is 10.6 Å². The first-order chi connectivity index (χ1) is 23.7. The summed E-state index contributed by atoms with van der Waals surface area (Å²) in [6, 6.07) is 65.1. The molecule has 0 unspecified atom stereocenters. The fraction of sp³-hybridized carbons (Fsp3) is 0.0222. The van der Waals surface area contributed by atoms with Crippen molar-refractivity contribution in [1.82, 2.24) is 0 Å². The number of anilines is 4. The molecule has 0 aliphatic heterocycles. The highest BCUT2D eigenvalue weighted by Crippen LogP contribution is 2.39. The number of nitrogens with zero attached hydrogens (tertiary/aromatic N) is 1. The second kappa shape index (κ2) is 13.2. The van der Waals surface area contributed by atoms with E-state index in [1.807, 2.05) is 18.2 Å². The van der Waals surface area contributed by atoms with Gasteiger partial charge in [0.05, 0.1) is 0 Å². The number of para-hydroxylation sites is 1. The Morgan fingerprint density at radius 2 is 0.854 bits per heavy atom. The van der Waals surface area contributed by atoms with Gasteiger partial charge in [-0.3, -0.25) is 0 Å². The molecule has 3 heteroatoms. The summed E-state index contributed by atoms with van der Waals surface area (Å²) in [5.41, 5.74) is 16.5. The summed E-state index contributed by atoms with van der Waals surface area (Å²) in [6.45, 7) is 0. The Labute approximate surface area is 286 Å². The largest absolute Gasteiger partial charge is 0.398 e. The minimum atomic E-state index is 0.823. The van der Waals surface area contributed by atoms with E-state index in [4.69, 9.17) is 5.73 Å². The van der Waals surface area contributed by atoms with Crippen LogP contribution in [-0.4, -0.2) is 0 Å². The van der Waals surface area contributed by atoms with Crippen LogP contribution in [0.25, 0.3) is 43.8 Å². The highest BCUT2D eigenvalue weighted by Gasteiger charge is 2.15. The Morgan fingerprint density at radius 1 is 0.417 bits per heavy atom. The molecule has 0 aromatic heterocycles. The van der Waals surface area contributed by atoms with Crippen LogP contribution in [0.2, 0.25) is 0 Å². The van der Waals surface area contributed by atoms with Crippen molar-refractivity contribution in [2.24, 2.45) is 0 Å². The fourth-order valence-corrected chi connectivity index (χ4v) is 7.42. The van der Waals surface area contributed by atoms with Gasteiger partial charge in [0.15, 0.2) is 0 Å². The molecule has 2 N–H and O–H groups in total. The van der Waals surface area contributed by atoms with E-state index >= 15 is 0 Å². The minimum absolute atomic E-state index is 0.823. The average Bonchev–Trinajstić information content (AvgIpc) is 3.15. The van der Waals surface area contributed by atoms with E-state index in [0.29, 0.717) is 0 Å². The highest BCUT2D eigenvalue weighted by atomic mass is 32.2. The normalized spacial score (nSPS) is 11.2. The molecular weight excluding hydrogens is 601 g/mol. The van der Waals surface area contributed by atoms with Crippen molar-refractivity contribution in [3.63, 3.8) is 0 Å². The van der Waals surface area contributed by atoms with Gasteiger partial charge in [-0.1, -0.05) is 133 Å². The lowest BCUT2D eigenvalue weighted by Gasteiger charge is -2.26. The van der Waals surface area contributed by atoms with E-state index in [-0.39, 0.29) is 0 Å². The molecule has 0 radical (unpaired) electrons. The smallest absolute Gasteiger partial charge is 0.0462 e. The van der Waals surface area contributed by atoms with Crippen molar-refractivity contribution in [3.8, 4) is 22.3 Å². The number of benzene rings is 8. The molecule has 0 amide bonds. The van der Waals surface area contributed by atoms with Gasteiger partial charge < -0.3 is 10.6 Å². The van der Waals surface area contributed by atoms with E-state index in [2.05, 4.69) is 169 Å². The number of fused-ring (bicyclic) bond motifs is 2. The molecule has 0 saturated carbocycles. The third-order valence-electron chi connectivity index (χ3n) is 8.96. The van der Waals surface area contributed by atoms with Crippen LogP contribution in [-0.2, 0) is 5.75 Å². The molecule has 230 valence electrons. The number of hydrogen-bond donors (Lipinski definition) is 1. The number of nitrogen functional groups attached to an aromatic ring is 1. The zero-order chi connectivity index (χ0) is 32.3. The van der Waals surface area contributed by atoms with Crippen molar-refractivity contribution in [3.05, 3.63) is 188 Å². The maximum Gasteiger partial charge on any atom is 0.0462 e. The Balaban J connectivity index is 1.15. The summed E-state index contributed by atoms with van der Waals surface area (Å²) in [5.74, 6) is 0.855. The number of nitrogens with two attached hydrogens (primary N) is 1. The van der Waals surface area contributed by atoms with Gasteiger partial charge in [0.1, 0.15) is 0 Å². The third kappa shape index (κ3) is 5.92. The molecule has 48 heavy (non-hydrogen) atoms. The van der Waals surface area contributed by atoms with Crippen LogP contribution in [0.5, 0.6) is 0 Å². The first-order valence-electron chi connectivity index (χ1n) is 16.2. The van der Waals surface area contributed by atoms with Gasteiger partial charge in [-0.15, -0.1) is 11.8 Å². The molecule has 8 aromatic rings. The number of rotatable bonds is 8. The molecule has 0 atom stereocenters. The van der Waals surface area contributed by atoms with Crippen molar-refractivity contribution in [2.45, 2.75) is 10.6 Å². The number of thioether (sulfide) groups is 1. The van der Waals surface area contributed by atoms with E-state index in [1.54, 1.807) is 11.8 Å². The second-order valence-electron chi connectivity index (χ2n) is 12.0. The predicted octanol–water partition coefficient (Wildman–Crippen LogP) is 12.7. The van der Waals surface area contributed by atoms with Gasteiger partial charge >= 0.3 is 0 Å². The lowest BCUT2D eigenvalue weighted by atomic mass is 9.97. The molecular formula is C45H34N2S. The predicted molar refractivity (Wildman–Crippen MR) is 207 cm³/mol. The molecule has 0 spiro atoms. The fourth-order valence-electron chi connectivity index (χ4n) is 6.50. The van der Waals surface area contributed by atoms with Crippen LogP contribution in [0.1, 0.15) is 5.56 Å². The average molecular weight is 635 g/mol. The zero-order valence-electron chi connectivity index (χ0n) is 26.5. The maximum absolute atomic E-state index is 6.20. The summed E-state index contributed by atoms with van der Waals surface area (Å²) in [4.78, 5) is 3.45. The third-order valence-corrected chi connectivity index (χ3v) is 10.1. The standard InChI is InChI=1S/C45H34N2S/c46-44-17-5-6-18-45(44)48-31-32-19-25-37(26-20-32)47(38-27-21-35(22-28-38)42-15-7-11-33-9-1-3-13-40(33)42)39-29-23-36(24-30-39)43-16-8-12-34-10-2-4-14-41(34)43/h1-30H,31,46H2. The van der Waals surface area contributed by atoms with Crippen molar-refractivity contribution in [1.29, 1.82) is 0 Å². The van der Waals surface area contributed by atoms with Gasteiger partial charge in [0.25, 0.3) is 0 Å². The Morgan fingerprint density at radius 3 is 1.38 bits per heavy atom. The SMILES string of the molecule is Nc1ccccc1SCc1ccc(N(c2ccc(-c3cccc4ccccc34)cc2)c2ccc(-c3cccc4ccccc34)cc2)cc1. The van der Waals surface area contributed by atoms with Gasteiger partial charge in [-0.05, 0) is 97.9 Å². The molecule has 0 heterocycles. The van der Waals surface area contributed by atoms with Crippen LogP contribution in [0.3, 0.4) is 0 Å². The molecule has 0 bridgehead atoms. The van der Waals surface area contributed by atoms with Crippen molar-refractivity contribution >= 4 is 56.1 Å². The molecule has 0 saturated heterocycles. The summed E-state index contributed by atoms with van der Waals surface area (Å²) in [7, 11) is 0. The summed E-state index contributed by atoms with van der Waals surface area (Å²) >= 11 is 1.77. The van der Waals surface area contributed by atoms with Crippen LogP contribution >= 0.6 is 11.8 Å². The zero-order valence-corrected chi connectivity index (χ0v) is 27.3. The summed E-state index contributed by atoms with van der Waals surface area (Å²) in [6.07, 6.45) is 0. The van der Waals surface area contributed by atoms with Gasteiger partial charge in [0, 0.05) is 33.4 Å². The Bertz CT molecular complexity index is 2210. The maximum atomic E-state index is 6.20. The first kappa shape index (κ1) is 29.6. The van der Waals surface area contributed by atoms with Gasteiger partial charge in [0.2, 0.25) is 0 Å². The summed E-state index contributed by atoms with van der Waals surface area (Å²) in [5, 5.41) is 5.03. The Hall–Kier alpha value is -5.77. The lowest BCUT2D eigenvalue weighted by Crippen LogP contribution is -2.10. The first-order valence-corrected chi connectivity index (χ1v) is 17.2. The second-order valence-corrected chi connectivity index (χ2v) is 13.0. The lowest BCUT2D eigenvalue weighted by molar-refractivity contribution is 1.27. The highest BCUT2D eigenvalue weighted by molar-refractivity contribution is 7.98. The molecule has 2 nitrogen and oxygen atoms in total. The quantitative estimate of drug-likeness (QED) is 0.133. The Kier molecular flexibility index (Phi) is 8.12. The van der Waals surface area contributed by atoms with Crippen LogP contribution < -0.4 is 10.6 Å². The van der Waals surface area contributed by atoms with Crippen LogP contribution in [0, 0.1) is 0 Å². The topological polar surface area (TPSA) is 29.3 Å². The van der Waals surface area contributed by atoms with E-state index in [1.165, 1.54) is 49.4 Å². The summed E-state index contributed by atoms with van der Waals surface area (Å²) < 4.78 is 0. The monoisotopic (exact) mass is 634 g/mol. The van der Waals surface area contributed by atoms with Crippen LogP contribution in [0.15, 0.2) is 187 Å². The van der Waals surface area contributed by atoms with E-state index in [9.17, 15) is 0 Å². The number of hydrogen-bond acceptors (Lipinski definition) is 3. The van der Waals surface area contributed by atoms with E-state index in [0.717, 1.165) is 33.4 Å². The molecule has 0 aliphatic rings. The molecule has 8 rings (SSSR count). The van der Waals surface area contributed by atoms with Crippen molar-refractivity contribution < 1.29 is 0 Å². The van der Waals surface area contributed by atoms with Gasteiger partial charge in [-0.25, -0.2) is 0 Å². The van der Waals surface area contributed by atoms with E-state index < -0.39 is 0 Å². The van der Waals surface area contributed by atoms with Crippen LogP contribution in [0.4, 0.5) is 22.7 Å². The molecule has 8 aromatic carbocycles. The molecule has 0 aliphatic carbocycles. The molecule has 0 fully saturated rings. The van der Waals surface area contributed by atoms with Gasteiger partial charge in [-0.2, -0.15) is 0 Å².